The summed E-state index contributed by atoms with van der Waals surface area (Å²) in [5, 5.41) is 12.0. The first-order valence-electron chi connectivity index (χ1n) is 8.76. The molecule has 0 amide bonds. The molecule has 1 aliphatic carbocycles. The van der Waals surface area contributed by atoms with Crippen molar-refractivity contribution in [1.29, 1.82) is 0 Å². The average molecular weight is 388 g/mol. The summed E-state index contributed by atoms with van der Waals surface area (Å²) < 4.78 is 46.8. The Morgan fingerprint density at radius 2 is 2.22 bits per heavy atom. The van der Waals surface area contributed by atoms with Crippen LogP contribution in [-0.4, -0.2) is 58.6 Å². The van der Waals surface area contributed by atoms with Crippen molar-refractivity contribution in [1.82, 2.24) is 9.55 Å². The van der Waals surface area contributed by atoms with Gasteiger partial charge >= 0.3 is 12.1 Å². The van der Waals surface area contributed by atoms with E-state index in [1.54, 1.807) is 0 Å². The molecule has 4 rings (SSSR count). The first kappa shape index (κ1) is 18.1. The lowest BCUT2D eigenvalue weighted by Gasteiger charge is -2.38. The highest BCUT2D eigenvalue weighted by Gasteiger charge is 2.49. The lowest BCUT2D eigenvalue weighted by atomic mass is 10.1. The molecule has 2 fully saturated rings. The number of nitrogens with one attached hydrogen (secondary N) is 1. The number of rotatable bonds is 5. The van der Waals surface area contributed by atoms with Gasteiger partial charge < -0.3 is 20.1 Å². The number of alkyl halides is 3. The molecule has 0 aromatic carbocycles. The Morgan fingerprint density at radius 1 is 1.44 bits per heavy atom. The van der Waals surface area contributed by atoms with Crippen molar-refractivity contribution < 1.29 is 27.8 Å². The van der Waals surface area contributed by atoms with Gasteiger partial charge in [-0.25, -0.2) is 0 Å². The van der Waals surface area contributed by atoms with E-state index in [9.17, 15) is 22.8 Å². The van der Waals surface area contributed by atoms with Crippen LogP contribution in [0.3, 0.4) is 0 Å². The Kier molecular flexibility index (Phi) is 4.28. The number of halogens is 3. The third kappa shape index (κ3) is 3.47. The summed E-state index contributed by atoms with van der Waals surface area (Å²) in [5.41, 5.74) is -0.518. The first-order valence-corrected chi connectivity index (χ1v) is 8.76. The van der Waals surface area contributed by atoms with Gasteiger partial charge in [-0.3, -0.25) is 14.2 Å². The Hall–Kier alpha value is -2.30. The molecule has 1 unspecified atom stereocenters. The number of anilines is 2. The Balaban J connectivity index is 1.60. The lowest BCUT2D eigenvalue weighted by Crippen LogP contribution is -2.54. The van der Waals surface area contributed by atoms with E-state index in [1.807, 2.05) is 0 Å². The molecule has 3 aliphatic rings. The molecule has 8 nitrogen and oxygen atoms in total. The minimum absolute atomic E-state index is 0.00589. The third-order valence-corrected chi connectivity index (χ3v) is 5.39. The Labute approximate surface area is 151 Å². The second kappa shape index (κ2) is 6.39. The van der Waals surface area contributed by atoms with Crippen LogP contribution >= 0.6 is 0 Å². The van der Waals surface area contributed by atoms with Crippen LogP contribution in [0, 0.1) is 11.8 Å². The molecule has 27 heavy (non-hydrogen) atoms. The molecule has 11 heteroatoms. The zero-order valence-corrected chi connectivity index (χ0v) is 14.3. The fourth-order valence-corrected chi connectivity index (χ4v) is 3.93. The molecule has 1 saturated carbocycles. The van der Waals surface area contributed by atoms with E-state index in [-0.39, 0.29) is 24.4 Å². The molecular formula is C16H19F3N4O4. The second-order valence-electron chi connectivity index (χ2n) is 7.21. The molecule has 0 spiro atoms. The number of nitrogens with zero attached hydrogens (tertiary/aromatic N) is 3. The van der Waals surface area contributed by atoms with Crippen LogP contribution in [0.1, 0.15) is 12.8 Å². The van der Waals surface area contributed by atoms with Gasteiger partial charge in [0.25, 0.3) is 5.56 Å². The number of carboxylic acid groups (broad SMARTS) is 1. The van der Waals surface area contributed by atoms with Crippen molar-refractivity contribution in [2.24, 2.45) is 11.8 Å². The number of hydrogen-bond donors (Lipinski definition) is 2. The average Bonchev–Trinajstić information content (AvgIpc) is 3.24. The van der Waals surface area contributed by atoms with Crippen molar-refractivity contribution >= 4 is 17.7 Å². The Morgan fingerprint density at radius 3 is 2.81 bits per heavy atom. The van der Waals surface area contributed by atoms with Crippen molar-refractivity contribution in [2.45, 2.75) is 37.7 Å². The van der Waals surface area contributed by atoms with Gasteiger partial charge in [0, 0.05) is 19.2 Å². The highest BCUT2D eigenvalue weighted by Crippen LogP contribution is 2.47. The van der Waals surface area contributed by atoms with Gasteiger partial charge in [0.1, 0.15) is 18.4 Å². The third-order valence-electron chi connectivity index (χ3n) is 5.39. The standard InChI is InChI=1S/C16H19F3N4O4/c17-16(18,19)11-1-2-22-13(24)4-12(21-15(22)23(11)6-14(25)26)20-5-10-9-3-8(9)7-27-10/h4,8-11,20H,1-3,5-7H2,(H,25,26)/t8-,9?,10+,11-/m0/s1. The molecule has 2 aliphatic heterocycles. The minimum Gasteiger partial charge on any atom is -0.480 e. The summed E-state index contributed by atoms with van der Waals surface area (Å²) in [6.45, 7) is 0.0441. The van der Waals surface area contributed by atoms with Gasteiger partial charge in [-0.2, -0.15) is 18.2 Å². The maximum absolute atomic E-state index is 13.4. The van der Waals surface area contributed by atoms with Crippen LogP contribution in [0.4, 0.5) is 24.9 Å². The molecule has 2 N–H and O–H groups in total. The van der Waals surface area contributed by atoms with Gasteiger partial charge in [-0.1, -0.05) is 0 Å². The van der Waals surface area contributed by atoms with E-state index in [4.69, 9.17) is 9.84 Å². The Bertz CT molecular complexity index is 812. The van der Waals surface area contributed by atoms with Crippen LogP contribution in [0.25, 0.3) is 0 Å². The molecule has 4 atom stereocenters. The summed E-state index contributed by atoms with van der Waals surface area (Å²) in [6.07, 6.45) is -3.93. The van der Waals surface area contributed by atoms with Gasteiger partial charge in [0.2, 0.25) is 5.95 Å². The fourth-order valence-electron chi connectivity index (χ4n) is 3.93. The number of aliphatic carboxylic acids is 1. The van der Waals surface area contributed by atoms with Crippen LogP contribution in [0.2, 0.25) is 0 Å². The molecule has 148 valence electrons. The van der Waals surface area contributed by atoms with Crippen LogP contribution in [0.5, 0.6) is 0 Å². The highest BCUT2D eigenvalue weighted by atomic mass is 19.4. The topological polar surface area (TPSA) is 96.7 Å². The van der Waals surface area contributed by atoms with Gasteiger partial charge in [-0.15, -0.1) is 0 Å². The van der Waals surface area contributed by atoms with Crippen LogP contribution in [-0.2, 0) is 16.1 Å². The predicted molar refractivity (Wildman–Crippen MR) is 87.8 cm³/mol. The van der Waals surface area contributed by atoms with E-state index in [1.165, 1.54) is 6.07 Å². The number of carboxylic acids is 1. The summed E-state index contributed by atoms with van der Waals surface area (Å²) in [7, 11) is 0. The second-order valence-corrected chi connectivity index (χ2v) is 7.21. The normalized spacial score (nSPS) is 29.2. The lowest BCUT2D eigenvalue weighted by molar-refractivity contribution is -0.154. The quantitative estimate of drug-likeness (QED) is 0.774. The van der Waals surface area contributed by atoms with Crippen molar-refractivity contribution in [2.75, 3.05) is 29.9 Å². The molecule has 3 heterocycles. The highest BCUT2D eigenvalue weighted by molar-refractivity contribution is 5.73. The van der Waals surface area contributed by atoms with Crippen molar-refractivity contribution in [3.63, 3.8) is 0 Å². The molecule has 0 radical (unpaired) electrons. The predicted octanol–water partition coefficient (Wildman–Crippen LogP) is 0.916. The van der Waals surface area contributed by atoms with Gasteiger partial charge in [0.05, 0.1) is 12.7 Å². The molecule has 0 bridgehead atoms. The molecular weight excluding hydrogens is 369 g/mol. The molecule has 1 aromatic heterocycles. The summed E-state index contributed by atoms with van der Waals surface area (Å²) in [5.74, 6) is -0.522. The summed E-state index contributed by atoms with van der Waals surface area (Å²) in [6, 6.07) is -0.781. The number of hydrogen-bond acceptors (Lipinski definition) is 6. The maximum atomic E-state index is 13.4. The number of fused-ring (bicyclic) bond motifs is 2. The fraction of sp³-hybridized carbons (Fsp3) is 0.688. The van der Waals surface area contributed by atoms with E-state index >= 15 is 0 Å². The smallest absolute Gasteiger partial charge is 0.408 e. The minimum atomic E-state index is -4.62. The van der Waals surface area contributed by atoms with E-state index in [0.717, 1.165) is 11.0 Å². The molecule has 1 aromatic rings. The van der Waals surface area contributed by atoms with Crippen molar-refractivity contribution in [3.8, 4) is 0 Å². The van der Waals surface area contributed by atoms with Crippen molar-refractivity contribution in [3.05, 3.63) is 16.4 Å². The summed E-state index contributed by atoms with van der Waals surface area (Å²) in [4.78, 5) is 28.2. The monoisotopic (exact) mass is 388 g/mol. The first-order chi connectivity index (χ1) is 12.7. The maximum Gasteiger partial charge on any atom is 0.408 e. The largest absolute Gasteiger partial charge is 0.480 e. The number of aromatic nitrogens is 2. The van der Waals surface area contributed by atoms with Gasteiger partial charge in [-0.05, 0) is 24.7 Å². The molecule has 1 saturated heterocycles. The van der Waals surface area contributed by atoms with Crippen LogP contribution in [0.15, 0.2) is 10.9 Å². The zero-order valence-electron chi connectivity index (χ0n) is 14.3. The zero-order chi connectivity index (χ0) is 19.3. The van der Waals surface area contributed by atoms with Gasteiger partial charge in [0.15, 0.2) is 0 Å². The SMILES string of the molecule is O=C(O)CN1c2nc(NC[C@H]3OC[C@@H]4CC43)cc(=O)n2CC[C@H]1C(F)(F)F. The van der Waals surface area contributed by atoms with E-state index in [0.29, 0.717) is 29.9 Å². The van der Waals surface area contributed by atoms with E-state index in [2.05, 4.69) is 10.3 Å². The number of ether oxygens (including phenoxy) is 1. The van der Waals surface area contributed by atoms with Crippen LogP contribution < -0.4 is 15.8 Å². The number of carbonyl (C=O) groups is 1. The van der Waals surface area contributed by atoms with E-state index < -0.39 is 36.7 Å². The summed E-state index contributed by atoms with van der Waals surface area (Å²) >= 11 is 0.